The second-order valence-corrected chi connectivity index (χ2v) is 7.72. The monoisotopic (exact) mass is 410 g/mol. The molecule has 0 saturated carbocycles. The summed E-state index contributed by atoms with van der Waals surface area (Å²) in [6, 6.07) is 15.1. The Morgan fingerprint density at radius 1 is 1.03 bits per heavy atom. The van der Waals surface area contributed by atoms with E-state index in [0.717, 1.165) is 11.1 Å². The first-order valence-electron chi connectivity index (χ1n) is 10.3. The van der Waals surface area contributed by atoms with Gasteiger partial charge in [-0.15, -0.1) is 0 Å². The summed E-state index contributed by atoms with van der Waals surface area (Å²) in [5.74, 6) is -0.0609. The molecule has 30 heavy (non-hydrogen) atoms. The molecule has 0 aliphatic carbocycles. The van der Waals surface area contributed by atoms with Crippen molar-refractivity contribution in [2.24, 2.45) is 0 Å². The van der Waals surface area contributed by atoms with Crippen LogP contribution in [-0.2, 0) is 9.47 Å². The van der Waals surface area contributed by atoms with E-state index in [2.05, 4.69) is 0 Å². The zero-order chi connectivity index (χ0) is 21.5. The third-order valence-corrected chi connectivity index (χ3v) is 5.30. The highest BCUT2D eigenvalue weighted by Gasteiger charge is 2.28. The van der Waals surface area contributed by atoms with Gasteiger partial charge in [-0.25, -0.2) is 0 Å². The van der Waals surface area contributed by atoms with Crippen molar-refractivity contribution in [3.05, 3.63) is 70.8 Å². The van der Waals surface area contributed by atoms with Gasteiger partial charge < -0.3 is 19.3 Å². The minimum absolute atomic E-state index is 0.00315. The number of carbonyl (C=O) groups is 2. The number of amides is 2. The molecule has 1 saturated heterocycles. The summed E-state index contributed by atoms with van der Waals surface area (Å²) < 4.78 is 11.1. The molecule has 2 aromatic rings. The molecule has 6 nitrogen and oxygen atoms in total. The molecular formula is C24H30N2O4. The summed E-state index contributed by atoms with van der Waals surface area (Å²) in [6.07, 6.45) is -0.237. The second-order valence-electron chi connectivity index (χ2n) is 7.72. The molecule has 2 aromatic carbocycles. The van der Waals surface area contributed by atoms with Gasteiger partial charge in [-0.2, -0.15) is 0 Å². The lowest BCUT2D eigenvalue weighted by Gasteiger charge is -2.36. The van der Waals surface area contributed by atoms with Crippen LogP contribution >= 0.6 is 0 Å². The standard InChI is InChI=1S/C24H30N2O4/c1-18-4-8-20(9-5-18)23(27)25(12-14-29-3)16-22-17-26(13-15-30-22)24(28)21-10-6-19(2)7-11-21/h4-11,22H,12-17H2,1-3H3. The smallest absolute Gasteiger partial charge is 0.254 e. The van der Waals surface area contributed by atoms with E-state index < -0.39 is 0 Å². The van der Waals surface area contributed by atoms with E-state index in [9.17, 15) is 9.59 Å². The van der Waals surface area contributed by atoms with Crippen LogP contribution in [0.15, 0.2) is 48.5 Å². The van der Waals surface area contributed by atoms with Gasteiger partial charge in [0.05, 0.1) is 19.3 Å². The van der Waals surface area contributed by atoms with Gasteiger partial charge in [0.15, 0.2) is 0 Å². The average molecular weight is 411 g/mol. The summed E-state index contributed by atoms with van der Waals surface area (Å²) in [5, 5.41) is 0. The van der Waals surface area contributed by atoms with Crippen LogP contribution < -0.4 is 0 Å². The van der Waals surface area contributed by atoms with Crippen molar-refractivity contribution in [1.82, 2.24) is 9.80 Å². The van der Waals surface area contributed by atoms with E-state index in [-0.39, 0.29) is 17.9 Å². The number of morpholine rings is 1. The van der Waals surface area contributed by atoms with Crippen LogP contribution in [0.3, 0.4) is 0 Å². The quantitative estimate of drug-likeness (QED) is 0.704. The second kappa shape index (κ2) is 10.4. The molecule has 3 rings (SSSR count). The van der Waals surface area contributed by atoms with Crippen molar-refractivity contribution in [2.75, 3.05) is 46.5 Å². The molecule has 1 aliphatic heterocycles. The highest BCUT2D eigenvalue weighted by molar-refractivity contribution is 5.95. The third-order valence-electron chi connectivity index (χ3n) is 5.30. The minimum Gasteiger partial charge on any atom is -0.383 e. The van der Waals surface area contributed by atoms with Gasteiger partial charge in [-0.05, 0) is 38.1 Å². The van der Waals surface area contributed by atoms with Crippen molar-refractivity contribution >= 4 is 11.8 Å². The van der Waals surface area contributed by atoms with Crippen LogP contribution in [0.2, 0.25) is 0 Å². The molecule has 0 bridgehead atoms. The van der Waals surface area contributed by atoms with Crippen molar-refractivity contribution in [3.63, 3.8) is 0 Å². The molecule has 1 heterocycles. The molecule has 1 aliphatic rings. The van der Waals surface area contributed by atoms with Crippen LogP contribution in [-0.4, -0.2) is 74.2 Å². The average Bonchev–Trinajstić information content (AvgIpc) is 2.77. The van der Waals surface area contributed by atoms with Gasteiger partial charge in [0.2, 0.25) is 0 Å². The first-order valence-corrected chi connectivity index (χ1v) is 10.3. The van der Waals surface area contributed by atoms with Gasteiger partial charge in [-0.1, -0.05) is 35.4 Å². The molecule has 1 atom stereocenters. The number of nitrogens with zero attached hydrogens (tertiary/aromatic N) is 2. The van der Waals surface area contributed by atoms with Crippen molar-refractivity contribution in [3.8, 4) is 0 Å². The maximum absolute atomic E-state index is 13.0. The number of hydrogen-bond donors (Lipinski definition) is 0. The number of hydrogen-bond acceptors (Lipinski definition) is 4. The first kappa shape index (κ1) is 22.0. The Bertz CT molecular complexity index is 849. The number of methoxy groups -OCH3 is 1. The number of carbonyl (C=O) groups excluding carboxylic acids is 2. The fourth-order valence-corrected chi connectivity index (χ4v) is 3.49. The fourth-order valence-electron chi connectivity index (χ4n) is 3.49. The predicted octanol–water partition coefficient (Wildman–Crippen LogP) is 2.93. The van der Waals surface area contributed by atoms with Crippen LogP contribution in [0.25, 0.3) is 0 Å². The fraction of sp³-hybridized carbons (Fsp3) is 0.417. The lowest BCUT2D eigenvalue weighted by Crippen LogP contribution is -2.51. The van der Waals surface area contributed by atoms with Crippen molar-refractivity contribution in [1.29, 1.82) is 0 Å². The van der Waals surface area contributed by atoms with Crippen molar-refractivity contribution < 1.29 is 19.1 Å². The molecule has 0 radical (unpaired) electrons. The summed E-state index contributed by atoms with van der Waals surface area (Å²) in [4.78, 5) is 29.5. The summed E-state index contributed by atoms with van der Waals surface area (Å²) in [6.45, 7) is 6.77. The van der Waals surface area contributed by atoms with Gasteiger partial charge in [0.1, 0.15) is 0 Å². The predicted molar refractivity (Wildman–Crippen MR) is 116 cm³/mol. The molecule has 0 spiro atoms. The normalized spacial score (nSPS) is 16.4. The van der Waals surface area contributed by atoms with E-state index in [1.165, 1.54) is 0 Å². The zero-order valence-corrected chi connectivity index (χ0v) is 18.0. The maximum Gasteiger partial charge on any atom is 0.254 e. The number of rotatable bonds is 7. The van der Waals surface area contributed by atoms with E-state index in [0.29, 0.717) is 50.5 Å². The molecule has 0 aromatic heterocycles. The van der Waals surface area contributed by atoms with Gasteiger partial charge >= 0.3 is 0 Å². The Hall–Kier alpha value is -2.70. The summed E-state index contributed by atoms with van der Waals surface area (Å²) >= 11 is 0. The van der Waals surface area contributed by atoms with Gasteiger partial charge in [0.25, 0.3) is 11.8 Å². The summed E-state index contributed by atoms with van der Waals surface area (Å²) in [7, 11) is 1.62. The Balaban J connectivity index is 1.67. The maximum atomic E-state index is 13.0. The Morgan fingerprint density at radius 2 is 1.63 bits per heavy atom. The van der Waals surface area contributed by atoms with Crippen LogP contribution in [0.4, 0.5) is 0 Å². The molecule has 2 amide bonds. The molecular weight excluding hydrogens is 380 g/mol. The number of benzene rings is 2. The molecule has 160 valence electrons. The lowest BCUT2D eigenvalue weighted by atomic mass is 10.1. The molecule has 1 fully saturated rings. The molecule has 0 N–H and O–H groups in total. The van der Waals surface area contributed by atoms with Crippen LogP contribution in [0.1, 0.15) is 31.8 Å². The Morgan fingerprint density at radius 3 is 2.23 bits per heavy atom. The molecule has 6 heteroatoms. The highest BCUT2D eigenvalue weighted by Crippen LogP contribution is 2.14. The minimum atomic E-state index is -0.237. The zero-order valence-electron chi connectivity index (χ0n) is 18.0. The SMILES string of the molecule is COCCN(CC1CN(C(=O)c2ccc(C)cc2)CCO1)C(=O)c1ccc(C)cc1. The van der Waals surface area contributed by atoms with Crippen LogP contribution in [0, 0.1) is 13.8 Å². The number of aryl methyl sites for hydroxylation is 2. The Kier molecular flexibility index (Phi) is 7.60. The highest BCUT2D eigenvalue weighted by atomic mass is 16.5. The van der Waals surface area contributed by atoms with Gasteiger partial charge in [0, 0.05) is 44.4 Å². The largest absolute Gasteiger partial charge is 0.383 e. The lowest BCUT2D eigenvalue weighted by molar-refractivity contribution is -0.0346. The van der Waals surface area contributed by atoms with Gasteiger partial charge in [-0.3, -0.25) is 9.59 Å². The Labute approximate surface area is 178 Å². The first-order chi connectivity index (χ1) is 14.5. The topological polar surface area (TPSA) is 59.1 Å². The van der Waals surface area contributed by atoms with Crippen LogP contribution in [0.5, 0.6) is 0 Å². The van der Waals surface area contributed by atoms with E-state index in [1.54, 1.807) is 12.0 Å². The molecule has 1 unspecified atom stereocenters. The van der Waals surface area contributed by atoms with Crippen molar-refractivity contribution in [2.45, 2.75) is 20.0 Å². The number of ether oxygens (including phenoxy) is 2. The van der Waals surface area contributed by atoms with E-state index in [1.807, 2.05) is 67.3 Å². The van der Waals surface area contributed by atoms with E-state index >= 15 is 0 Å². The van der Waals surface area contributed by atoms with E-state index in [4.69, 9.17) is 9.47 Å². The summed E-state index contributed by atoms with van der Waals surface area (Å²) in [5.41, 5.74) is 3.54. The third kappa shape index (κ3) is 5.68.